The summed E-state index contributed by atoms with van der Waals surface area (Å²) in [5.41, 5.74) is 7.21. The number of oxime groups is 1. The number of nitrogens with two attached hydrogens (primary N) is 1. The van der Waals surface area contributed by atoms with E-state index in [2.05, 4.69) is 10.5 Å². The Balaban J connectivity index is 2.64. The Bertz CT molecular complexity index is 449. The zero-order valence-corrected chi connectivity index (χ0v) is 12.2. The normalized spacial score (nSPS) is 13.2. The lowest BCUT2D eigenvalue weighted by Gasteiger charge is -2.13. The first kappa shape index (κ1) is 16.3. The van der Waals surface area contributed by atoms with E-state index in [0.717, 1.165) is 12.1 Å². The molecule has 6 heteroatoms. The third-order valence-corrected chi connectivity index (χ3v) is 2.86. The molecule has 1 unspecified atom stereocenters. The third kappa shape index (κ3) is 4.71. The lowest BCUT2D eigenvalue weighted by molar-refractivity contribution is 0.0759. The highest BCUT2D eigenvalue weighted by molar-refractivity contribution is 5.99. The molecule has 0 heterocycles. The van der Waals surface area contributed by atoms with Gasteiger partial charge in [0.15, 0.2) is 5.84 Å². The fourth-order valence-corrected chi connectivity index (χ4v) is 1.87. The van der Waals surface area contributed by atoms with E-state index in [1.54, 1.807) is 13.2 Å². The SMILES string of the molecule is CCOC(C)CNCc1ccc(/C(N)=N/O)c(OC)c1. The molecule has 1 rings (SSSR count). The number of ether oxygens (including phenoxy) is 2. The van der Waals surface area contributed by atoms with Crippen molar-refractivity contribution in [3.63, 3.8) is 0 Å². The van der Waals surface area contributed by atoms with Gasteiger partial charge in [0.1, 0.15) is 5.75 Å². The van der Waals surface area contributed by atoms with Gasteiger partial charge in [0, 0.05) is 19.7 Å². The van der Waals surface area contributed by atoms with E-state index in [9.17, 15) is 0 Å². The van der Waals surface area contributed by atoms with E-state index in [1.165, 1.54) is 0 Å². The summed E-state index contributed by atoms with van der Waals surface area (Å²) in [6.45, 7) is 6.19. The van der Waals surface area contributed by atoms with Gasteiger partial charge in [-0.15, -0.1) is 0 Å². The molecule has 0 saturated carbocycles. The summed E-state index contributed by atoms with van der Waals surface area (Å²) in [5, 5.41) is 15.0. The summed E-state index contributed by atoms with van der Waals surface area (Å²) >= 11 is 0. The van der Waals surface area contributed by atoms with Crippen LogP contribution < -0.4 is 15.8 Å². The first-order valence-electron chi connectivity index (χ1n) is 6.59. The van der Waals surface area contributed by atoms with Gasteiger partial charge < -0.3 is 25.7 Å². The number of amidine groups is 1. The van der Waals surface area contributed by atoms with Crippen LogP contribution in [0.1, 0.15) is 25.0 Å². The lowest BCUT2D eigenvalue weighted by Crippen LogP contribution is -2.26. The molecule has 20 heavy (non-hydrogen) atoms. The standard InChI is InChI=1S/C14H23N3O3/c1-4-20-10(2)8-16-9-11-5-6-12(14(15)17-18)13(7-11)19-3/h5-7,10,16,18H,4,8-9H2,1-3H3,(H2,15,17). The summed E-state index contributed by atoms with van der Waals surface area (Å²) in [4.78, 5) is 0. The minimum Gasteiger partial charge on any atom is -0.496 e. The van der Waals surface area contributed by atoms with Crippen LogP contribution in [0.25, 0.3) is 0 Å². The number of hydrogen-bond acceptors (Lipinski definition) is 5. The van der Waals surface area contributed by atoms with Crippen molar-refractivity contribution >= 4 is 5.84 Å². The van der Waals surface area contributed by atoms with Crippen molar-refractivity contribution in [2.45, 2.75) is 26.5 Å². The molecule has 0 fully saturated rings. The average molecular weight is 281 g/mol. The van der Waals surface area contributed by atoms with Gasteiger partial charge in [-0.05, 0) is 31.5 Å². The highest BCUT2D eigenvalue weighted by Crippen LogP contribution is 2.20. The van der Waals surface area contributed by atoms with Crippen LogP contribution in [0, 0.1) is 0 Å². The first-order valence-corrected chi connectivity index (χ1v) is 6.59. The van der Waals surface area contributed by atoms with Gasteiger partial charge in [-0.25, -0.2) is 0 Å². The topological polar surface area (TPSA) is 89.1 Å². The maximum atomic E-state index is 8.71. The maximum Gasteiger partial charge on any atom is 0.173 e. The lowest BCUT2D eigenvalue weighted by atomic mass is 10.1. The number of nitrogens with zero attached hydrogens (tertiary/aromatic N) is 1. The molecule has 1 aromatic rings. The number of rotatable bonds is 8. The molecule has 0 radical (unpaired) electrons. The van der Waals surface area contributed by atoms with Crippen LogP contribution in [0.4, 0.5) is 0 Å². The number of benzene rings is 1. The zero-order valence-electron chi connectivity index (χ0n) is 12.2. The smallest absolute Gasteiger partial charge is 0.173 e. The van der Waals surface area contributed by atoms with Crippen molar-refractivity contribution in [3.05, 3.63) is 29.3 Å². The molecule has 0 spiro atoms. The predicted octanol–water partition coefficient (Wildman–Crippen LogP) is 1.30. The summed E-state index contributed by atoms with van der Waals surface area (Å²) in [7, 11) is 1.55. The Morgan fingerprint density at radius 2 is 2.25 bits per heavy atom. The highest BCUT2D eigenvalue weighted by atomic mass is 16.5. The monoisotopic (exact) mass is 281 g/mol. The van der Waals surface area contributed by atoms with Crippen LogP contribution in [0.15, 0.2) is 23.4 Å². The van der Waals surface area contributed by atoms with Gasteiger partial charge in [-0.2, -0.15) is 0 Å². The van der Waals surface area contributed by atoms with Crippen LogP contribution in [-0.2, 0) is 11.3 Å². The average Bonchev–Trinajstić information content (AvgIpc) is 2.46. The van der Waals surface area contributed by atoms with E-state index < -0.39 is 0 Å². The van der Waals surface area contributed by atoms with Crippen molar-refractivity contribution in [1.82, 2.24) is 5.32 Å². The van der Waals surface area contributed by atoms with Crippen LogP contribution in [-0.4, -0.2) is 37.4 Å². The Kier molecular flexibility index (Phi) is 6.83. The molecule has 0 saturated heterocycles. The molecule has 112 valence electrons. The fraction of sp³-hybridized carbons (Fsp3) is 0.500. The van der Waals surface area contributed by atoms with Crippen molar-refractivity contribution in [3.8, 4) is 5.75 Å². The third-order valence-electron chi connectivity index (χ3n) is 2.86. The van der Waals surface area contributed by atoms with Crippen LogP contribution in [0.2, 0.25) is 0 Å². The number of methoxy groups -OCH3 is 1. The van der Waals surface area contributed by atoms with Crippen molar-refractivity contribution in [1.29, 1.82) is 0 Å². The summed E-state index contributed by atoms with van der Waals surface area (Å²) < 4.78 is 10.7. The Hall–Kier alpha value is -1.79. The summed E-state index contributed by atoms with van der Waals surface area (Å²) in [6, 6.07) is 5.55. The number of nitrogens with one attached hydrogen (secondary N) is 1. The molecule has 0 amide bonds. The second-order valence-corrected chi connectivity index (χ2v) is 4.42. The molecule has 1 aromatic carbocycles. The van der Waals surface area contributed by atoms with Gasteiger partial charge in [0.25, 0.3) is 0 Å². The van der Waals surface area contributed by atoms with E-state index >= 15 is 0 Å². The van der Waals surface area contributed by atoms with Crippen LogP contribution in [0.3, 0.4) is 0 Å². The molecule has 1 atom stereocenters. The number of hydrogen-bond donors (Lipinski definition) is 3. The molecule has 0 aliphatic rings. The first-order chi connectivity index (χ1) is 9.62. The minimum atomic E-state index is 0.0336. The Morgan fingerprint density at radius 3 is 2.85 bits per heavy atom. The summed E-state index contributed by atoms with van der Waals surface area (Å²) in [5.74, 6) is 0.615. The van der Waals surface area contributed by atoms with Crippen molar-refractivity contribution < 1.29 is 14.7 Å². The summed E-state index contributed by atoms with van der Waals surface area (Å²) in [6.07, 6.45) is 0.179. The van der Waals surface area contributed by atoms with Gasteiger partial charge in [0.05, 0.1) is 18.8 Å². The quantitative estimate of drug-likeness (QED) is 0.289. The van der Waals surface area contributed by atoms with E-state index in [-0.39, 0.29) is 11.9 Å². The second kappa shape index (κ2) is 8.39. The molecule has 6 nitrogen and oxygen atoms in total. The van der Waals surface area contributed by atoms with Gasteiger partial charge in [-0.3, -0.25) is 0 Å². The minimum absolute atomic E-state index is 0.0336. The highest BCUT2D eigenvalue weighted by Gasteiger charge is 2.09. The van der Waals surface area contributed by atoms with E-state index in [1.807, 2.05) is 26.0 Å². The van der Waals surface area contributed by atoms with Crippen molar-refractivity contribution in [2.75, 3.05) is 20.3 Å². The molecule has 4 N–H and O–H groups in total. The Labute approximate surface area is 119 Å². The largest absolute Gasteiger partial charge is 0.496 e. The zero-order chi connectivity index (χ0) is 15.0. The Morgan fingerprint density at radius 1 is 1.50 bits per heavy atom. The van der Waals surface area contributed by atoms with Crippen molar-refractivity contribution in [2.24, 2.45) is 10.9 Å². The molecular weight excluding hydrogens is 258 g/mol. The molecule has 0 aliphatic carbocycles. The second-order valence-electron chi connectivity index (χ2n) is 4.42. The van der Waals surface area contributed by atoms with Gasteiger partial charge >= 0.3 is 0 Å². The fourth-order valence-electron chi connectivity index (χ4n) is 1.87. The molecule has 0 aliphatic heterocycles. The predicted molar refractivity (Wildman–Crippen MR) is 78.3 cm³/mol. The maximum absolute atomic E-state index is 8.71. The van der Waals surface area contributed by atoms with Crippen LogP contribution in [0.5, 0.6) is 5.75 Å². The van der Waals surface area contributed by atoms with Gasteiger partial charge in [0.2, 0.25) is 0 Å². The molecular formula is C14H23N3O3. The van der Waals surface area contributed by atoms with Gasteiger partial charge in [-0.1, -0.05) is 11.2 Å². The molecule has 0 aromatic heterocycles. The molecule has 0 bridgehead atoms. The van der Waals surface area contributed by atoms with E-state index in [0.29, 0.717) is 24.5 Å². The van der Waals surface area contributed by atoms with Crippen LogP contribution >= 0.6 is 0 Å². The van der Waals surface area contributed by atoms with E-state index in [4.69, 9.17) is 20.4 Å².